The number of rotatable bonds is 5. The van der Waals surface area contributed by atoms with Crippen molar-refractivity contribution in [3.8, 4) is 5.75 Å². The fourth-order valence-corrected chi connectivity index (χ4v) is 4.31. The van der Waals surface area contributed by atoms with Gasteiger partial charge in [0.2, 0.25) is 0 Å². The number of allylic oxidation sites excluding steroid dienone is 5. The van der Waals surface area contributed by atoms with Gasteiger partial charge in [0, 0.05) is 0 Å². The van der Waals surface area contributed by atoms with Gasteiger partial charge in [-0.3, -0.25) is 13.9 Å². The number of phenols is 1. The third-order valence-electron chi connectivity index (χ3n) is 4.46. The van der Waals surface area contributed by atoms with Crippen LogP contribution in [-0.2, 0) is 25.0 Å². The van der Waals surface area contributed by atoms with E-state index in [1.54, 1.807) is 0 Å². The van der Waals surface area contributed by atoms with Crippen molar-refractivity contribution in [2.75, 3.05) is 0 Å². The molecule has 0 unspecified atom stereocenters. The Labute approximate surface area is 210 Å². The van der Waals surface area contributed by atoms with Crippen LogP contribution in [-0.4, -0.2) is 47.9 Å². The van der Waals surface area contributed by atoms with Crippen LogP contribution in [0.3, 0.4) is 0 Å². The molecular weight excluding hydrogens is 487 g/mol. The first-order valence-electron chi connectivity index (χ1n) is 8.60. The molecule has 0 radical (unpaired) electrons. The summed E-state index contributed by atoms with van der Waals surface area (Å²) in [5, 5.41) is 19.4. The van der Waals surface area contributed by atoms with Gasteiger partial charge in [-0.2, -0.15) is 16.8 Å². The van der Waals surface area contributed by atoms with Gasteiger partial charge in [0.25, 0.3) is 20.2 Å². The van der Waals surface area contributed by atoms with Crippen LogP contribution < -0.4 is 29.6 Å². The summed E-state index contributed by atoms with van der Waals surface area (Å²) in [4.78, 5) is 21.8. The standard InChI is InChI=1S/C20H14O10S2.Na/c21-15-7-5-11(9-17(15)31(25,26)27)19(13-3-1-2-4-14(13)20(23)24)12-6-8-16(22)18(10-12)32(28,29)30;/h1-10,21H,(H,23,24)(H,25,26,27)(H,28,29,30);/q;+1/b19-12-;. The average Bonchev–Trinajstić information content (AvgIpc) is 2.69. The summed E-state index contributed by atoms with van der Waals surface area (Å²) in [6, 6.07) is 8.50. The first-order valence-corrected chi connectivity index (χ1v) is 11.5. The fraction of sp³-hybridized carbons (Fsp3) is 0. The van der Waals surface area contributed by atoms with Crippen LogP contribution in [0.4, 0.5) is 0 Å². The maximum absolute atomic E-state index is 11.9. The molecule has 0 saturated heterocycles. The number of hydrogen-bond acceptors (Lipinski definition) is 7. The van der Waals surface area contributed by atoms with Crippen molar-refractivity contribution in [2.45, 2.75) is 4.90 Å². The van der Waals surface area contributed by atoms with Gasteiger partial charge in [0.1, 0.15) is 15.6 Å². The zero-order valence-electron chi connectivity index (χ0n) is 16.8. The molecule has 0 bridgehead atoms. The number of carboxylic acids is 1. The zero-order chi connectivity index (χ0) is 23.8. The summed E-state index contributed by atoms with van der Waals surface area (Å²) in [6.45, 7) is 0. The second kappa shape index (κ2) is 9.73. The topological polar surface area (TPSA) is 183 Å². The van der Waals surface area contributed by atoms with E-state index in [-0.39, 0.29) is 57.4 Å². The third kappa shape index (κ3) is 5.68. The van der Waals surface area contributed by atoms with Crippen molar-refractivity contribution in [1.82, 2.24) is 0 Å². The Hall–Kier alpha value is -2.58. The van der Waals surface area contributed by atoms with Crippen molar-refractivity contribution in [1.29, 1.82) is 0 Å². The number of ketones is 1. The van der Waals surface area contributed by atoms with Crippen LogP contribution in [0, 0.1) is 0 Å². The number of carboxylic acid groups (broad SMARTS) is 1. The number of aromatic hydroxyl groups is 1. The summed E-state index contributed by atoms with van der Waals surface area (Å²) < 4.78 is 65.3. The summed E-state index contributed by atoms with van der Waals surface area (Å²) >= 11 is 0. The molecule has 0 aliphatic heterocycles. The predicted molar refractivity (Wildman–Crippen MR) is 111 cm³/mol. The predicted octanol–water partition coefficient (Wildman–Crippen LogP) is -0.946. The molecule has 0 fully saturated rings. The smallest absolute Gasteiger partial charge is 0.506 e. The molecule has 13 heteroatoms. The van der Waals surface area contributed by atoms with Gasteiger partial charge in [-0.15, -0.1) is 0 Å². The van der Waals surface area contributed by atoms with Crippen LogP contribution in [0.2, 0.25) is 0 Å². The van der Waals surface area contributed by atoms with Crippen LogP contribution in [0.25, 0.3) is 5.57 Å². The van der Waals surface area contributed by atoms with E-state index in [0.717, 1.165) is 30.4 Å². The van der Waals surface area contributed by atoms with Crippen molar-refractivity contribution >= 4 is 37.6 Å². The van der Waals surface area contributed by atoms with Crippen molar-refractivity contribution in [3.63, 3.8) is 0 Å². The molecule has 2 aromatic rings. The van der Waals surface area contributed by atoms with Crippen LogP contribution in [0.1, 0.15) is 21.5 Å². The normalized spacial score (nSPS) is 15.5. The number of carbonyl (C=O) groups is 2. The van der Waals surface area contributed by atoms with E-state index in [1.807, 2.05) is 0 Å². The minimum atomic E-state index is -4.94. The molecule has 0 saturated carbocycles. The molecule has 1 aliphatic carbocycles. The van der Waals surface area contributed by atoms with Gasteiger partial charge in [-0.25, -0.2) is 4.79 Å². The number of benzene rings is 2. The Kier molecular flexibility index (Phi) is 7.86. The monoisotopic (exact) mass is 501 g/mol. The van der Waals surface area contributed by atoms with Gasteiger partial charge < -0.3 is 10.2 Å². The maximum atomic E-state index is 11.9. The molecule has 1 aliphatic rings. The summed E-state index contributed by atoms with van der Waals surface area (Å²) in [7, 11) is -9.82. The number of aromatic carboxylic acids is 1. The molecule has 166 valence electrons. The summed E-state index contributed by atoms with van der Waals surface area (Å²) in [5.41, 5.74) is -0.379. The number of phenolic OH excluding ortho intramolecular Hbond substituents is 1. The van der Waals surface area contributed by atoms with E-state index in [2.05, 4.69) is 0 Å². The second-order valence-electron chi connectivity index (χ2n) is 6.52. The summed E-state index contributed by atoms with van der Waals surface area (Å²) in [6.07, 6.45) is 2.81. The molecule has 2 aromatic carbocycles. The number of carbonyl (C=O) groups excluding carboxylic acids is 1. The van der Waals surface area contributed by atoms with E-state index in [4.69, 9.17) is 0 Å². The molecule has 0 heterocycles. The van der Waals surface area contributed by atoms with Gasteiger partial charge in [0.05, 0.1) is 5.56 Å². The number of hydrogen-bond donors (Lipinski definition) is 4. The minimum absolute atomic E-state index is 0. The van der Waals surface area contributed by atoms with Crippen molar-refractivity contribution in [3.05, 3.63) is 87.9 Å². The Bertz CT molecular complexity index is 1470. The van der Waals surface area contributed by atoms with Crippen LogP contribution >= 0.6 is 0 Å². The molecule has 4 N–H and O–H groups in total. The van der Waals surface area contributed by atoms with Crippen LogP contribution in [0.15, 0.2) is 76.1 Å². The average molecular weight is 501 g/mol. The first kappa shape index (κ1) is 26.7. The molecule has 0 atom stereocenters. The van der Waals surface area contributed by atoms with E-state index < -0.39 is 47.5 Å². The van der Waals surface area contributed by atoms with Gasteiger partial charge >= 0.3 is 35.5 Å². The molecule has 0 amide bonds. The SMILES string of the molecule is O=C1C=C/C(=C(\c2ccc(O)c(S(=O)(=O)O)c2)c2ccccc2C(=O)O)C=C1S(=O)(=O)O.[Na+]. The van der Waals surface area contributed by atoms with Crippen molar-refractivity contribution < 1.29 is 75.3 Å². The molecule has 3 rings (SSSR count). The zero-order valence-corrected chi connectivity index (χ0v) is 20.5. The largest absolute Gasteiger partial charge is 1.00 e. The second-order valence-corrected chi connectivity index (χ2v) is 9.30. The molecular formula is C20H14NaO10S2+. The third-order valence-corrected chi connectivity index (χ3v) is 6.22. The Balaban J connectivity index is 0.00000385. The molecule has 10 nitrogen and oxygen atoms in total. The Morgan fingerprint density at radius 1 is 0.848 bits per heavy atom. The maximum Gasteiger partial charge on any atom is 1.00 e. The van der Waals surface area contributed by atoms with Gasteiger partial charge in [-0.05, 0) is 52.6 Å². The fourth-order valence-electron chi connectivity index (χ4n) is 3.11. The van der Waals surface area contributed by atoms with E-state index in [0.29, 0.717) is 0 Å². The van der Waals surface area contributed by atoms with Crippen LogP contribution in [0.5, 0.6) is 5.75 Å². The molecule has 33 heavy (non-hydrogen) atoms. The van der Waals surface area contributed by atoms with Gasteiger partial charge in [-0.1, -0.05) is 30.3 Å². The minimum Gasteiger partial charge on any atom is -0.506 e. The van der Waals surface area contributed by atoms with E-state index in [9.17, 15) is 45.7 Å². The first-order chi connectivity index (χ1) is 14.8. The van der Waals surface area contributed by atoms with Crippen molar-refractivity contribution in [2.24, 2.45) is 0 Å². The van der Waals surface area contributed by atoms with E-state index in [1.165, 1.54) is 30.3 Å². The quantitative estimate of drug-likeness (QED) is 0.294. The van der Waals surface area contributed by atoms with Gasteiger partial charge in [0.15, 0.2) is 5.78 Å². The Morgan fingerprint density at radius 2 is 1.45 bits per heavy atom. The molecule has 0 aromatic heterocycles. The van der Waals surface area contributed by atoms with E-state index >= 15 is 0 Å². The Morgan fingerprint density at radius 3 is 2.00 bits per heavy atom. The molecule has 0 spiro atoms. The summed E-state index contributed by atoms with van der Waals surface area (Å²) in [5.74, 6) is -3.16.